The quantitative estimate of drug-likeness (QED) is 0.590. The maximum absolute atomic E-state index is 10.6. The van der Waals surface area contributed by atoms with E-state index < -0.39 is 7.60 Å². The van der Waals surface area contributed by atoms with E-state index in [1.807, 2.05) is 0 Å². The molecule has 0 spiro atoms. The molecule has 0 N–H and O–H groups in total. The first-order valence-electron chi connectivity index (χ1n) is 2.15. The lowest BCUT2D eigenvalue weighted by molar-refractivity contribution is 0.291. The highest BCUT2D eigenvalue weighted by Crippen LogP contribution is 2.44. The molecule has 1 atom stereocenters. The topological polar surface area (TPSA) is 35.5 Å². The van der Waals surface area contributed by atoms with Gasteiger partial charge < -0.3 is 4.52 Å². The molecule has 8 heavy (non-hydrogen) atoms. The van der Waals surface area contributed by atoms with Crippen molar-refractivity contribution in [3.8, 4) is 0 Å². The molecule has 50 valence electrons. The Balaban J connectivity index is 3.55. The van der Waals surface area contributed by atoms with Gasteiger partial charge in [-0.15, -0.1) is 0 Å². The lowest BCUT2D eigenvalue weighted by Gasteiger charge is -2.04. The molecule has 1 unspecified atom stereocenters. The van der Waals surface area contributed by atoms with Crippen LogP contribution in [-0.2, 0) is 13.2 Å². The summed E-state index contributed by atoms with van der Waals surface area (Å²) in [6.07, 6.45) is 0. The first-order chi connectivity index (χ1) is 3.62. The second-order valence-corrected chi connectivity index (χ2v) is 3.61. The van der Waals surface area contributed by atoms with Crippen molar-refractivity contribution in [3.05, 3.63) is 0 Å². The number of hydrogen-bond acceptors (Lipinski definition) is 3. The lowest BCUT2D eigenvalue weighted by atomic mass is 10.9. The van der Waals surface area contributed by atoms with E-state index in [1.165, 1.54) is 6.66 Å². The SMILES string of the molecule is CCOP(C)(=O)OCl. The van der Waals surface area contributed by atoms with Crippen molar-refractivity contribution < 1.29 is 13.2 Å². The number of halogens is 1. The second-order valence-electron chi connectivity index (χ2n) is 1.26. The highest BCUT2D eigenvalue weighted by molar-refractivity contribution is 7.53. The Bertz CT molecular complexity index is 105. The Hall–Kier alpha value is 0.440. The van der Waals surface area contributed by atoms with Crippen LogP contribution in [0.25, 0.3) is 0 Å². The summed E-state index contributed by atoms with van der Waals surface area (Å²) in [5.74, 6) is 0. The predicted octanol–water partition coefficient (Wildman–Crippen LogP) is 2.02. The molecular weight excluding hydrogens is 150 g/mol. The normalized spacial score (nSPS) is 17.9. The van der Waals surface area contributed by atoms with Crippen LogP contribution in [-0.4, -0.2) is 13.3 Å². The lowest BCUT2D eigenvalue weighted by Crippen LogP contribution is -1.85. The Morgan fingerprint density at radius 2 is 2.25 bits per heavy atom. The van der Waals surface area contributed by atoms with E-state index in [1.54, 1.807) is 6.92 Å². The first kappa shape index (κ1) is 8.44. The van der Waals surface area contributed by atoms with E-state index in [2.05, 4.69) is 8.60 Å². The zero-order valence-electron chi connectivity index (χ0n) is 4.76. The van der Waals surface area contributed by atoms with E-state index in [9.17, 15) is 4.57 Å². The fourth-order valence-electron chi connectivity index (χ4n) is 0.254. The van der Waals surface area contributed by atoms with Crippen LogP contribution in [0, 0.1) is 0 Å². The van der Waals surface area contributed by atoms with Crippen molar-refractivity contribution in [2.24, 2.45) is 0 Å². The zero-order valence-corrected chi connectivity index (χ0v) is 6.41. The number of hydrogen-bond donors (Lipinski definition) is 0. The third-order valence-electron chi connectivity index (χ3n) is 0.489. The van der Waals surface area contributed by atoms with Gasteiger partial charge in [0.05, 0.1) is 18.5 Å². The van der Waals surface area contributed by atoms with Crippen LogP contribution in [0.3, 0.4) is 0 Å². The Morgan fingerprint density at radius 1 is 1.75 bits per heavy atom. The molecule has 0 rings (SSSR count). The highest BCUT2D eigenvalue weighted by Gasteiger charge is 2.13. The molecule has 0 saturated heterocycles. The molecule has 0 aromatic heterocycles. The van der Waals surface area contributed by atoms with Crippen LogP contribution in [0.4, 0.5) is 0 Å². The highest BCUT2D eigenvalue weighted by atomic mass is 35.5. The van der Waals surface area contributed by atoms with Gasteiger partial charge in [0.15, 0.2) is 0 Å². The van der Waals surface area contributed by atoms with E-state index >= 15 is 0 Å². The van der Waals surface area contributed by atoms with Gasteiger partial charge in [-0.1, -0.05) is 0 Å². The predicted molar refractivity (Wildman–Crippen MR) is 32.1 cm³/mol. The fraction of sp³-hybridized carbons (Fsp3) is 1.00. The van der Waals surface area contributed by atoms with E-state index in [-0.39, 0.29) is 0 Å². The third kappa shape index (κ3) is 3.44. The minimum atomic E-state index is -2.91. The molecule has 0 aliphatic rings. The van der Waals surface area contributed by atoms with Gasteiger partial charge in [-0.05, 0) is 6.92 Å². The molecule has 0 aromatic carbocycles. The molecule has 5 heteroatoms. The molecule has 0 amide bonds. The van der Waals surface area contributed by atoms with Crippen LogP contribution in [0.5, 0.6) is 0 Å². The molecule has 0 radical (unpaired) electrons. The van der Waals surface area contributed by atoms with Crippen molar-refractivity contribution in [2.75, 3.05) is 13.3 Å². The summed E-state index contributed by atoms with van der Waals surface area (Å²) in [7, 11) is -2.91. The van der Waals surface area contributed by atoms with Gasteiger partial charge in [0, 0.05) is 6.66 Å². The fourth-order valence-corrected chi connectivity index (χ4v) is 0.883. The van der Waals surface area contributed by atoms with Gasteiger partial charge in [-0.25, -0.2) is 0 Å². The van der Waals surface area contributed by atoms with Gasteiger partial charge in [0.2, 0.25) is 0 Å². The zero-order chi connectivity index (χ0) is 6.62. The van der Waals surface area contributed by atoms with E-state index in [0.717, 1.165) is 0 Å². The molecule has 0 aliphatic carbocycles. The molecule has 0 saturated carbocycles. The van der Waals surface area contributed by atoms with Gasteiger partial charge >= 0.3 is 7.60 Å². The Morgan fingerprint density at radius 3 is 2.38 bits per heavy atom. The van der Waals surface area contributed by atoms with Crippen LogP contribution in [0.1, 0.15) is 6.92 Å². The largest absolute Gasteiger partial charge is 0.343 e. The van der Waals surface area contributed by atoms with E-state index in [0.29, 0.717) is 6.61 Å². The number of rotatable bonds is 3. The average molecular weight is 159 g/mol. The molecular formula is C3H8ClO3P. The van der Waals surface area contributed by atoms with Crippen molar-refractivity contribution in [1.82, 2.24) is 0 Å². The Labute approximate surface area is 53.6 Å². The maximum atomic E-state index is 10.6. The summed E-state index contributed by atoms with van der Waals surface area (Å²) in [5, 5.41) is 0. The molecule has 0 fully saturated rings. The van der Waals surface area contributed by atoms with Crippen molar-refractivity contribution in [1.29, 1.82) is 0 Å². The monoisotopic (exact) mass is 158 g/mol. The smallest absolute Gasteiger partial charge is 0.308 e. The minimum Gasteiger partial charge on any atom is -0.308 e. The minimum absolute atomic E-state index is 0.348. The van der Waals surface area contributed by atoms with Crippen LogP contribution >= 0.6 is 19.5 Å². The average Bonchev–Trinajstić information content (AvgIpc) is 1.67. The standard InChI is InChI=1S/C3H8ClO3P/c1-3-6-8(2,5)7-4/h3H2,1-2H3. The summed E-state index contributed by atoms with van der Waals surface area (Å²) in [4.78, 5) is 0. The molecule has 0 aliphatic heterocycles. The summed E-state index contributed by atoms with van der Waals surface area (Å²) in [6.45, 7) is 3.37. The molecule has 3 nitrogen and oxygen atoms in total. The third-order valence-corrected chi connectivity index (χ3v) is 2.22. The van der Waals surface area contributed by atoms with Crippen LogP contribution in [0.15, 0.2) is 0 Å². The van der Waals surface area contributed by atoms with Gasteiger partial charge in [0.25, 0.3) is 0 Å². The summed E-state index contributed by atoms with van der Waals surface area (Å²) < 4.78 is 19.2. The van der Waals surface area contributed by atoms with Crippen LogP contribution < -0.4 is 0 Å². The molecule has 0 heterocycles. The van der Waals surface area contributed by atoms with E-state index in [4.69, 9.17) is 11.9 Å². The van der Waals surface area contributed by atoms with Gasteiger partial charge in [0.1, 0.15) is 0 Å². The summed E-state index contributed by atoms with van der Waals surface area (Å²) in [5.41, 5.74) is 0. The summed E-state index contributed by atoms with van der Waals surface area (Å²) in [6, 6.07) is 0. The second kappa shape index (κ2) is 3.46. The van der Waals surface area contributed by atoms with Crippen molar-refractivity contribution in [3.63, 3.8) is 0 Å². The van der Waals surface area contributed by atoms with Crippen LogP contribution in [0.2, 0.25) is 0 Å². The first-order valence-corrected chi connectivity index (χ1v) is 4.44. The van der Waals surface area contributed by atoms with Crippen molar-refractivity contribution in [2.45, 2.75) is 6.92 Å². The van der Waals surface area contributed by atoms with Gasteiger partial charge in [-0.3, -0.25) is 4.57 Å². The Kier molecular flexibility index (Phi) is 3.65. The van der Waals surface area contributed by atoms with Crippen molar-refractivity contribution >= 4 is 19.5 Å². The molecule has 0 bridgehead atoms. The molecule has 0 aromatic rings. The summed E-state index contributed by atoms with van der Waals surface area (Å²) >= 11 is 4.78. The maximum Gasteiger partial charge on any atom is 0.343 e. The van der Waals surface area contributed by atoms with Gasteiger partial charge in [-0.2, -0.15) is 4.08 Å².